The molecule has 2 aliphatic carbocycles. The van der Waals surface area contributed by atoms with Crippen LogP contribution in [0.4, 0.5) is 4.79 Å². The summed E-state index contributed by atoms with van der Waals surface area (Å²) >= 11 is 0. The number of Topliss-reactive ketones (excluding diaryl/α,β-unsaturated/α-hetero) is 1. The van der Waals surface area contributed by atoms with Gasteiger partial charge in [0.05, 0.1) is 19.2 Å². The van der Waals surface area contributed by atoms with Crippen LogP contribution >= 0.6 is 0 Å². The molecule has 15 nitrogen and oxygen atoms in total. The first-order valence-electron chi connectivity index (χ1n) is 20.8. The van der Waals surface area contributed by atoms with Gasteiger partial charge in [-0.25, -0.2) is 9.59 Å². The van der Waals surface area contributed by atoms with Crippen molar-refractivity contribution < 1.29 is 43.0 Å². The van der Waals surface area contributed by atoms with E-state index in [1.165, 1.54) is 0 Å². The van der Waals surface area contributed by atoms with E-state index in [1.54, 1.807) is 58.0 Å². The van der Waals surface area contributed by atoms with Crippen LogP contribution < -0.4 is 36.6 Å². The molecule has 6 amide bonds. The third kappa shape index (κ3) is 14.9. The minimum Gasteiger partial charge on any atom is -0.494 e. The highest BCUT2D eigenvalue weighted by Gasteiger charge is 2.36. The molecule has 5 atom stereocenters. The summed E-state index contributed by atoms with van der Waals surface area (Å²) in [5.41, 5.74) is -0.113. The summed E-state index contributed by atoms with van der Waals surface area (Å²) in [4.78, 5) is 94.1. The van der Waals surface area contributed by atoms with Crippen LogP contribution in [0.2, 0.25) is 0 Å². The van der Waals surface area contributed by atoms with E-state index in [0.29, 0.717) is 37.3 Å². The predicted octanol–water partition coefficient (Wildman–Crippen LogP) is 3.45. The van der Waals surface area contributed by atoms with E-state index in [-0.39, 0.29) is 24.7 Å². The molecule has 1 fully saturated rings. The number of benzene rings is 1. The van der Waals surface area contributed by atoms with Crippen molar-refractivity contribution in [2.24, 2.45) is 11.8 Å². The first kappa shape index (κ1) is 45.5. The molecule has 3 unspecified atom stereocenters. The maximum absolute atomic E-state index is 14.1. The maximum Gasteiger partial charge on any atom is 0.329 e. The van der Waals surface area contributed by atoms with Crippen LogP contribution in [-0.4, -0.2) is 90.9 Å². The third-order valence-electron chi connectivity index (χ3n) is 10.3. The fraction of sp³-hybridized carbons (Fsp3) is 0.605. The van der Waals surface area contributed by atoms with E-state index in [0.717, 1.165) is 51.4 Å². The highest BCUT2D eigenvalue weighted by atomic mass is 16.6. The van der Waals surface area contributed by atoms with E-state index in [9.17, 15) is 33.6 Å². The fourth-order valence-corrected chi connectivity index (χ4v) is 7.33. The van der Waals surface area contributed by atoms with E-state index >= 15 is 0 Å². The molecule has 1 aliphatic heterocycles. The number of hydrogen-bond donors (Lipinski definition) is 6. The summed E-state index contributed by atoms with van der Waals surface area (Å²) in [6, 6.07) is 2.36. The average Bonchev–Trinajstić information content (AvgIpc) is 3.19. The molecule has 1 aromatic carbocycles. The Morgan fingerprint density at radius 3 is 2.41 bits per heavy atom. The molecular weight excluding hydrogens is 745 g/mol. The Morgan fingerprint density at radius 1 is 0.948 bits per heavy atom. The zero-order valence-electron chi connectivity index (χ0n) is 34.4. The van der Waals surface area contributed by atoms with E-state index < -0.39 is 77.7 Å². The van der Waals surface area contributed by atoms with Gasteiger partial charge in [0, 0.05) is 18.9 Å². The molecule has 15 heteroatoms. The lowest BCUT2D eigenvalue weighted by Gasteiger charge is -2.31. The summed E-state index contributed by atoms with van der Waals surface area (Å²) < 4.78 is 11.5. The van der Waals surface area contributed by atoms with Gasteiger partial charge in [0.1, 0.15) is 29.5 Å². The molecule has 0 spiro atoms. The zero-order valence-corrected chi connectivity index (χ0v) is 34.4. The average molecular weight is 807 g/mol. The molecule has 318 valence electrons. The van der Waals surface area contributed by atoms with Crippen molar-refractivity contribution in [2.45, 2.75) is 135 Å². The molecule has 1 saturated carbocycles. The highest BCUT2D eigenvalue weighted by molar-refractivity contribution is 6.38. The minimum absolute atomic E-state index is 0.0303. The Hall–Kier alpha value is -5.21. The maximum atomic E-state index is 14.1. The van der Waals surface area contributed by atoms with Crippen molar-refractivity contribution in [3.8, 4) is 5.75 Å². The molecular formula is C43H62N6O9. The van der Waals surface area contributed by atoms with Gasteiger partial charge < -0.3 is 41.4 Å². The number of amides is 6. The van der Waals surface area contributed by atoms with Crippen LogP contribution in [0.3, 0.4) is 0 Å². The van der Waals surface area contributed by atoms with Gasteiger partial charge >= 0.3 is 12.0 Å². The lowest BCUT2D eigenvalue weighted by molar-refractivity contribution is -0.159. The van der Waals surface area contributed by atoms with Gasteiger partial charge in [-0.05, 0) is 89.3 Å². The number of esters is 1. The predicted molar refractivity (Wildman–Crippen MR) is 217 cm³/mol. The zero-order chi connectivity index (χ0) is 42.1. The van der Waals surface area contributed by atoms with Crippen molar-refractivity contribution in [1.82, 2.24) is 31.9 Å². The number of carbonyl (C=O) groups is 7. The largest absolute Gasteiger partial charge is 0.494 e. The summed E-state index contributed by atoms with van der Waals surface area (Å²) in [6.45, 7) is 7.23. The molecule has 3 aliphatic rings. The van der Waals surface area contributed by atoms with Crippen molar-refractivity contribution >= 4 is 41.4 Å². The normalized spacial score (nSPS) is 22.0. The van der Waals surface area contributed by atoms with E-state index in [4.69, 9.17) is 9.47 Å². The van der Waals surface area contributed by atoms with Crippen molar-refractivity contribution in [3.63, 3.8) is 0 Å². The lowest BCUT2D eigenvalue weighted by atomic mass is 9.83. The van der Waals surface area contributed by atoms with Crippen LogP contribution in [0, 0.1) is 11.8 Å². The second kappa shape index (κ2) is 22.7. The lowest BCUT2D eigenvalue weighted by Crippen LogP contribution is -2.59. The van der Waals surface area contributed by atoms with Gasteiger partial charge in [0.25, 0.3) is 5.91 Å². The number of nitrogens with one attached hydrogen (secondary N) is 6. The molecule has 1 aromatic rings. The number of carbonyl (C=O) groups excluding carboxylic acids is 7. The number of fused-ring (bicyclic) bond motifs is 2. The summed E-state index contributed by atoms with van der Waals surface area (Å²) in [5.74, 6) is -4.54. The third-order valence-corrected chi connectivity index (χ3v) is 10.3. The number of ketones is 1. The fourth-order valence-electron chi connectivity index (χ4n) is 7.33. The smallest absolute Gasteiger partial charge is 0.329 e. The Bertz CT molecular complexity index is 1660. The molecule has 6 N–H and O–H groups in total. The number of ether oxygens (including phenoxy) is 2. The van der Waals surface area contributed by atoms with Crippen molar-refractivity contribution in [1.29, 1.82) is 0 Å². The van der Waals surface area contributed by atoms with Gasteiger partial charge in [-0.2, -0.15) is 0 Å². The molecule has 4 rings (SSSR count). The quantitative estimate of drug-likeness (QED) is 0.135. The van der Waals surface area contributed by atoms with Gasteiger partial charge in [0.15, 0.2) is 0 Å². The van der Waals surface area contributed by atoms with Gasteiger partial charge in [-0.1, -0.05) is 69.0 Å². The Morgan fingerprint density at radius 2 is 1.71 bits per heavy atom. The topological polar surface area (TPSA) is 210 Å². The van der Waals surface area contributed by atoms with E-state index in [1.807, 2.05) is 18.2 Å². The number of urea groups is 1. The van der Waals surface area contributed by atoms with Crippen molar-refractivity contribution in [2.75, 3.05) is 19.7 Å². The molecule has 58 heavy (non-hydrogen) atoms. The second-order valence-electron chi connectivity index (χ2n) is 16.3. The number of hydrogen-bond acceptors (Lipinski definition) is 9. The first-order valence-corrected chi connectivity index (χ1v) is 20.8. The summed E-state index contributed by atoms with van der Waals surface area (Å²) in [7, 11) is 0. The van der Waals surface area contributed by atoms with Crippen LogP contribution in [0.15, 0.2) is 48.6 Å². The van der Waals surface area contributed by atoms with Crippen LogP contribution in [-0.2, 0) is 39.9 Å². The molecule has 0 radical (unpaired) electrons. The van der Waals surface area contributed by atoms with Crippen LogP contribution in [0.5, 0.6) is 5.75 Å². The summed E-state index contributed by atoms with van der Waals surface area (Å²) in [6.07, 6.45) is 15.0. The standard InChI is InChI=1S/C43H62N6O9/c1-5-16-32(37(51)40(54)45-27-34(50)48-36(30-20-11-7-12-21-30)41(55)58-43(2,3)4)46-38(52)33-26-28-17-15-22-31(25-28)57-24-14-8-13-23-44-42(56)49-35(39(53)47-33)29-18-9-6-10-19-29/h7,11-12,15,17,20,22,25,29-30,32-33,35-36H,5-6,8-10,13-14,16,18-19,21,23-24,26-27H2,1-4H3,(H,45,54)(H,46,52)(H,47,53)(H,48,50)(H2,44,49,56)/t30?,32?,33?,35-,36-/m0/s1. The van der Waals surface area contributed by atoms with Gasteiger partial charge in [-0.15, -0.1) is 0 Å². The van der Waals surface area contributed by atoms with Gasteiger partial charge in [-0.3, -0.25) is 24.0 Å². The second-order valence-corrected chi connectivity index (χ2v) is 16.3. The van der Waals surface area contributed by atoms with Crippen molar-refractivity contribution in [3.05, 3.63) is 54.1 Å². The number of allylic oxidation sites excluding steroid dienone is 3. The van der Waals surface area contributed by atoms with Crippen LogP contribution in [0.1, 0.15) is 104 Å². The Kier molecular flexibility index (Phi) is 17.8. The highest BCUT2D eigenvalue weighted by Crippen LogP contribution is 2.27. The summed E-state index contributed by atoms with van der Waals surface area (Å²) in [5, 5.41) is 16.2. The molecule has 0 saturated heterocycles. The number of rotatable bonds is 12. The minimum atomic E-state index is -1.28. The molecule has 2 bridgehead atoms. The molecule has 0 aromatic heterocycles. The monoisotopic (exact) mass is 806 g/mol. The first-order chi connectivity index (χ1) is 27.7. The van der Waals surface area contributed by atoms with E-state index in [2.05, 4.69) is 31.9 Å². The SMILES string of the molecule is CCCC(NC(=O)C1Cc2cccc(c2)OCCCCCNC(=O)N[C@@H](C2CCCCC2)C(=O)N1)C(=O)C(=O)NCC(=O)N[C@H](C(=O)OC(C)(C)C)C1C=CC=CC1. The Balaban J connectivity index is 1.49. The van der Waals surface area contributed by atoms with Crippen LogP contribution in [0.25, 0.3) is 0 Å². The van der Waals surface area contributed by atoms with Gasteiger partial charge in [0.2, 0.25) is 23.5 Å². The molecule has 1 heterocycles. The Labute approximate surface area is 341 Å².